The number of aryl methyl sites for hydroxylation is 1. The molecule has 0 unspecified atom stereocenters. The van der Waals surface area contributed by atoms with Crippen molar-refractivity contribution in [3.63, 3.8) is 0 Å². The minimum absolute atomic E-state index is 0.144. The number of anilines is 2. The number of nitrogen functional groups attached to an aromatic ring is 2. The number of ether oxygens (including phenoxy) is 1. The van der Waals surface area contributed by atoms with E-state index in [1.165, 1.54) is 0 Å². The standard InChI is InChI=1S/C16H14Cl2N4O.CH4O/c1-7-9(10-5-8(17)6-11(18)14(10)23-2)3-4-12-13(7)15(19)22-16(20)21-12;1-2/h3-6H,1-2H3,(H4,19,20,21,22);2H,1H3. The molecule has 1 aromatic heterocycles. The Bertz CT molecular complexity index is 932. The molecule has 3 aromatic rings. The van der Waals surface area contributed by atoms with E-state index in [0.717, 1.165) is 29.2 Å². The molecule has 0 spiro atoms. The highest BCUT2D eigenvalue weighted by molar-refractivity contribution is 6.36. The summed E-state index contributed by atoms with van der Waals surface area (Å²) < 4.78 is 5.43. The molecule has 5 N–H and O–H groups in total. The summed E-state index contributed by atoms with van der Waals surface area (Å²) in [6.45, 7) is 1.93. The van der Waals surface area contributed by atoms with E-state index in [1.807, 2.05) is 19.1 Å². The predicted molar refractivity (Wildman–Crippen MR) is 103 cm³/mol. The number of aliphatic hydroxyl groups excluding tert-OH is 1. The maximum atomic E-state index is 7.00. The Morgan fingerprint density at radius 3 is 2.36 bits per heavy atom. The van der Waals surface area contributed by atoms with Crippen LogP contribution < -0.4 is 16.2 Å². The van der Waals surface area contributed by atoms with Gasteiger partial charge in [0.1, 0.15) is 11.6 Å². The van der Waals surface area contributed by atoms with E-state index >= 15 is 0 Å². The van der Waals surface area contributed by atoms with Crippen LogP contribution in [0.1, 0.15) is 5.56 Å². The second kappa shape index (κ2) is 7.74. The Kier molecular flexibility index (Phi) is 5.89. The number of benzene rings is 2. The monoisotopic (exact) mass is 380 g/mol. The summed E-state index contributed by atoms with van der Waals surface area (Å²) in [6.07, 6.45) is 0. The summed E-state index contributed by atoms with van der Waals surface area (Å²) in [5.41, 5.74) is 14.9. The molecule has 0 aliphatic heterocycles. The van der Waals surface area contributed by atoms with Crippen LogP contribution in [-0.4, -0.2) is 29.3 Å². The smallest absolute Gasteiger partial charge is 0.222 e. The van der Waals surface area contributed by atoms with Crippen LogP contribution in [0.2, 0.25) is 10.0 Å². The SMILES string of the molecule is CO.COc1c(Cl)cc(Cl)cc1-c1ccc2nc(N)nc(N)c2c1C. The maximum absolute atomic E-state index is 7.00. The largest absolute Gasteiger partial charge is 0.495 e. The van der Waals surface area contributed by atoms with Gasteiger partial charge < -0.3 is 21.3 Å². The Balaban J connectivity index is 0.00000109. The van der Waals surface area contributed by atoms with E-state index in [1.54, 1.807) is 19.2 Å². The number of hydrogen-bond donors (Lipinski definition) is 3. The molecule has 0 saturated carbocycles. The highest BCUT2D eigenvalue weighted by Gasteiger charge is 2.17. The number of methoxy groups -OCH3 is 1. The second-order valence-corrected chi connectivity index (χ2v) is 5.91. The third-order valence-corrected chi connectivity index (χ3v) is 4.17. The molecule has 1 heterocycles. The second-order valence-electron chi connectivity index (χ2n) is 5.07. The molecule has 0 radical (unpaired) electrons. The molecular weight excluding hydrogens is 363 g/mol. The van der Waals surface area contributed by atoms with Gasteiger partial charge in [-0.1, -0.05) is 29.3 Å². The minimum Gasteiger partial charge on any atom is -0.495 e. The molecule has 2 aromatic carbocycles. The van der Waals surface area contributed by atoms with Crippen molar-refractivity contribution in [2.24, 2.45) is 0 Å². The fourth-order valence-electron chi connectivity index (χ4n) is 2.70. The Morgan fingerprint density at radius 2 is 1.72 bits per heavy atom. The summed E-state index contributed by atoms with van der Waals surface area (Å²) in [6, 6.07) is 7.18. The van der Waals surface area contributed by atoms with Crippen molar-refractivity contribution in [3.05, 3.63) is 39.9 Å². The maximum Gasteiger partial charge on any atom is 0.222 e. The van der Waals surface area contributed by atoms with E-state index in [-0.39, 0.29) is 5.95 Å². The van der Waals surface area contributed by atoms with E-state index < -0.39 is 0 Å². The number of aromatic nitrogens is 2. The van der Waals surface area contributed by atoms with Crippen LogP contribution in [0.3, 0.4) is 0 Å². The zero-order valence-electron chi connectivity index (χ0n) is 14.0. The van der Waals surface area contributed by atoms with Crippen LogP contribution in [0.25, 0.3) is 22.0 Å². The molecule has 25 heavy (non-hydrogen) atoms. The van der Waals surface area contributed by atoms with Gasteiger partial charge in [-0.25, -0.2) is 4.98 Å². The molecule has 0 saturated heterocycles. The van der Waals surface area contributed by atoms with Crippen LogP contribution in [0, 0.1) is 6.92 Å². The summed E-state index contributed by atoms with van der Waals surface area (Å²) in [4.78, 5) is 8.25. The lowest BCUT2D eigenvalue weighted by Crippen LogP contribution is -2.02. The van der Waals surface area contributed by atoms with Gasteiger partial charge in [-0.2, -0.15) is 4.98 Å². The lowest BCUT2D eigenvalue weighted by molar-refractivity contribution is 0.399. The highest BCUT2D eigenvalue weighted by atomic mass is 35.5. The molecule has 3 rings (SSSR count). The zero-order valence-corrected chi connectivity index (χ0v) is 15.5. The van der Waals surface area contributed by atoms with E-state index in [4.69, 9.17) is 44.5 Å². The number of nitrogens with two attached hydrogens (primary N) is 2. The van der Waals surface area contributed by atoms with Gasteiger partial charge in [0.15, 0.2) is 0 Å². The van der Waals surface area contributed by atoms with Gasteiger partial charge in [-0.15, -0.1) is 0 Å². The number of nitrogens with zero attached hydrogens (tertiary/aromatic N) is 2. The molecule has 132 valence electrons. The first-order valence-corrected chi connectivity index (χ1v) is 7.98. The van der Waals surface area contributed by atoms with Crippen LogP contribution in [0.15, 0.2) is 24.3 Å². The molecule has 0 aliphatic rings. The van der Waals surface area contributed by atoms with Crippen molar-refractivity contribution in [3.8, 4) is 16.9 Å². The normalized spacial score (nSPS) is 10.3. The fraction of sp³-hybridized carbons (Fsp3) is 0.176. The van der Waals surface area contributed by atoms with Gasteiger partial charge in [0, 0.05) is 23.1 Å². The van der Waals surface area contributed by atoms with Crippen LogP contribution in [-0.2, 0) is 0 Å². The molecule has 8 heteroatoms. The average molecular weight is 381 g/mol. The van der Waals surface area contributed by atoms with Gasteiger partial charge in [-0.3, -0.25) is 0 Å². The Hall–Kier alpha value is -2.28. The zero-order chi connectivity index (χ0) is 18.7. The quantitative estimate of drug-likeness (QED) is 0.625. The summed E-state index contributed by atoms with van der Waals surface area (Å²) in [5, 5.41) is 8.71. The average Bonchev–Trinajstić information content (AvgIpc) is 2.55. The number of fused-ring (bicyclic) bond motifs is 1. The molecular formula is C17H18Cl2N4O2. The molecule has 0 fully saturated rings. The van der Waals surface area contributed by atoms with E-state index in [2.05, 4.69) is 9.97 Å². The number of aliphatic hydroxyl groups is 1. The van der Waals surface area contributed by atoms with E-state index in [0.29, 0.717) is 27.1 Å². The first-order valence-electron chi connectivity index (χ1n) is 7.22. The molecule has 6 nitrogen and oxygen atoms in total. The molecule has 0 atom stereocenters. The predicted octanol–water partition coefficient (Wildman–Crippen LogP) is 3.69. The minimum atomic E-state index is 0.144. The molecule has 0 amide bonds. The van der Waals surface area contributed by atoms with Gasteiger partial charge in [0.25, 0.3) is 0 Å². The number of hydrogen-bond acceptors (Lipinski definition) is 6. The van der Waals surface area contributed by atoms with Crippen molar-refractivity contribution in [1.29, 1.82) is 0 Å². The van der Waals surface area contributed by atoms with Gasteiger partial charge in [0.05, 0.1) is 17.6 Å². The number of halogens is 2. The van der Waals surface area contributed by atoms with Crippen LogP contribution in [0.5, 0.6) is 5.75 Å². The van der Waals surface area contributed by atoms with Crippen LogP contribution in [0.4, 0.5) is 11.8 Å². The molecule has 0 aliphatic carbocycles. The fourth-order valence-corrected chi connectivity index (χ4v) is 3.27. The number of rotatable bonds is 2. The first kappa shape index (κ1) is 19.1. The van der Waals surface area contributed by atoms with Gasteiger partial charge >= 0.3 is 0 Å². The third kappa shape index (κ3) is 3.56. The molecule has 0 bridgehead atoms. The van der Waals surface area contributed by atoms with Crippen LogP contribution >= 0.6 is 23.2 Å². The van der Waals surface area contributed by atoms with Gasteiger partial charge in [-0.05, 0) is 36.2 Å². The Labute approximate surface area is 155 Å². The summed E-state index contributed by atoms with van der Waals surface area (Å²) in [5.74, 6) is 1.03. The van der Waals surface area contributed by atoms with Crippen molar-refractivity contribution >= 4 is 45.9 Å². The lowest BCUT2D eigenvalue weighted by Gasteiger charge is -2.15. The third-order valence-electron chi connectivity index (χ3n) is 3.67. The van der Waals surface area contributed by atoms with E-state index in [9.17, 15) is 0 Å². The lowest BCUT2D eigenvalue weighted by atomic mass is 9.96. The Morgan fingerprint density at radius 1 is 1.04 bits per heavy atom. The van der Waals surface area contributed by atoms with Crippen molar-refractivity contribution in [2.75, 3.05) is 25.7 Å². The van der Waals surface area contributed by atoms with Gasteiger partial charge in [0.2, 0.25) is 5.95 Å². The van der Waals surface area contributed by atoms with Crippen molar-refractivity contribution < 1.29 is 9.84 Å². The van der Waals surface area contributed by atoms with Crippen molar-refractivity contribution in [1.82, 2.24) is 9.97 Å². The summed E-state index contributed by atoms with van der Waals surface area (Å²) in [7, 11) is 2.56. The summed E-state index contributed by atoms with van der Waals surface area (Å²) >= 11 is 12.4. The topological polar surface area (TPSA) is 107 Å². The first-order chi connectivity index (χ1) is 11.9. The van der Waals surface area contributed by atoms with Crippen molar-refractivity contribution in [2.45, 2.75) is 6.92 Å². The highest BCUT2D eigenvalue weighted by Crippen LogP contribution is 2.41.